The largest absolute Gasteiger partial charge is 0.465 e. The summed E-state index contributed by atoms with van der Waals surface area (Å²) < 4.78 is 9.50. The Labute approximate surface area is 159 Å². The van der Waals surface area contributed by atoms with Crippen LogP contribution < -0.4 is 5.32 Å². The van der Waals surface area contributed by atoms with Crippen molar-refractivity contribution >= 4 is 45.9 Å². The van der Waals surface area contributed by atoms with Crippen LogP contribution in [0.4, 0.5) is 5.00 Å². The van der Waals surface area contributed by atoms with Crippen LogP contribution in [0.15, 0.2) is 29.2 Å². The number of ether oxygens (including phenoxy) is 2. The minimum atomic E-state index is -0.626. The third-order valence-corrected chi connectivity index (χ3v) is 5.64. The summed E-state index contributed by atoms with van der Waals surface area (Å²) >= 11 is 2.66. The lowest BCUT2D eigenvalue weighted by Gasteiger charge is -2.07. The topological polar surface area (TPSA) is 81.7 Å². The van der Waals surface area contributed by atoms with Crippen molar-refractivity contribution in [3.63, 3.8) is 0 Å². The van der Waals surface area contributed by atoms with Crippen molar-refractivity contribution in [1.29, 1.82) is 0 Å². The number of hydrogen-bond acceptors (Lipinski definition) is 7. The van der Waals surface area contributed by atoms with Gasteiger partial charge in [-0.25, -0.2) is 9.59 Å². The van der Waals surface area contributed by atoms with Gasteiger partial charge in [-0.1, -0.05) is 6.92 Å². The van der Waals surface area contributed by atoms with Gasteiger partial charge in [0, 0.05) is 10.5 Å². The summed E-state index contributed by atoms with van der Waals surface area (Å²) in [4.78, 5) is 37.8. The van der Waals surface area contributed by atoms with E-state index in [0.29, 0.717) is 11.1 Å². The number of anilines is 1. The molecule has 2 rings (SSSR count). The molecular weight excluding hydrogens is 374 g/mol. The number of nitrogens with one attached hydrogen (secondary N) is 1. The van der Waals surface area contributed by atoms with E-state index in [1.54, 1.807) is 30.8 Å². The molecule has 2 aromatic rings. The second kappa shape index (κ2) is 8.86. The van der Waals surface area contributed by atoms with Crippen molar-refractivity contribution in [2.24, 2.45) is 0 Å². The number of rotatable bonds is 6. The Morgan fingerprint density at radius 3 is 2.23 bits per heavy atom. The lowest BCUT2D eigenvalue weighted by atomic mass is 10.1. The summed E-state index contributed by atoms with van der Waals surface area (Å²) in [5.74, 6) is -0.627. The van der Waals surface area contributed by atoms with Crippen molar-refractivity contribution < 1.29 is 23.9 Å². The van der Waals surface area contributed by atoms with Crippen LogP contribution in [0.3, 0.4) is 0 Å². The highest BCUT2D eigenvalue weighted by Gasteiger charge is 2.26. The van der Waals surface area contributed by atoms with Crippen LogP contribution >= 0.6 is 23.1 Å². The third kappa shape index (κ3) is 4.25. The fraction of sp³-hybridized carbons (Fsp3) is 0.278. The fourth-order valence-corrected chi connectivity index (χ4v) is 4.05. The maximum Gasteiger partial charge on any atom is 0.348 e. The van der Waals surface area contributed by atoms with E-state index in [0.717, 1.165) is 22.0 Å². The lowest BCUT2D eigenvalue weighted by molar-refractivity contribution is 0.0601. The number of carbonyl (C=O) groups is 3. The molecule has 1 heterocycles. The van der Waals surface area contributed by atoms with Gasteiger partial charge in [0.1, 0.15) is 9.88 Å². The summed E-state index contributed by atoms with van der Waals surface area (Å²) in [7, 11) is 2.50. The Bertz CT molecular complexity index is 827. The molecule has 0 saturated heterocycles. The molecule has 0 bridgehead atoms. The first-order valence-electron chi connectivity index (χ1n) is 7.77. The molecule has 0 saturated carbocycles. The van der Waals surface area contributed by atoms with Gasteiger partial charge in [-0.3, -0.25) is 4.79 Å². The Kier molecular flexibility index (Phi) is 6.82. The summed E-state index contributed by atoms with van der Waals surface area (Å²) in [6.07, 6.45) is 0. The molecule has 0 fully saturated rings. The van der Waals surface area contributed by atoms with Gasteiger partial charge in [-0.05, 0) is 42.5 Å². The highest BCUT2D eigenvalue weighted by Crippen LogP contribution is 2.34. The number of amides is 1. The summed E-state index contributed by atoms with van der Waals surface area (Å²) in [5, 5.41) is 2.95. The molecule has 1 amide bonds. The van der Waals surface area contributed by atoms with Gasteiger partial charge < -0.3 is 14.8 Å². The zero-order chi connectivity index (χ0) is 19.3. The van der Waals surface area contributed by atoms with Crippen LogP contribution in [0.2, 0.25) is 0 Å². The summed E-state index contributed by atoms with van der Waals surface area (Å²) in [6.45, 7) is 3.67. The Morgan fingerprint density at radius 2 is 1.69 bits per heavy atom. The van der Waals surface area contributed by atoms with Crippen molar-refractivity contribution in [3.8, 4) is 0 Å². The van der Waals surface area contributed by atoms with Crippen LogP contribution in [0.5, 0.6) is 0 Å². The van der Waals surface area contributed by atoms with E-state index in [1.165, 1.54) is 14.2 Å². The van der Waals surface area contributed by atoms with E-state index in [1.807, 2.05) is 12.1 Å². The molecule has 26 heavy (non-hydrogen) atoms. The van der Waals surface area contributed by atoms with Gasteiger partial charge in [0.15, 0.2) is 0 Å². The molecular formula is C18H19NO5S2. The van der Waals surface area contributed by atoms with Crippen LogP contribution in [0, 0.1) is 6.92 Å². The molecule has 0 radical (unpaired) electrons. The minimum Gasteiger partial charge on any atom is -0.465 e. The molecule has 1 aromatic carbocycles. The molecule has 6 nitrogen and oxygen atoms in total. The SMILES string of the molecule is CCSc1ccc(C(=O)Nc2sc(C(=O)OC)c(C)c2C(=O)OC)cc1. The molecule has 1 aromatic heterocycles. The van der Waals surface area contributed by atoms with E-state index in [4.69, 9.17) is 9.47 Å². The highest BCUT2D eigenvalue weighted by atomic mass is 32.2. The zero-order valence-corrected chi connectivity index (χ0v) is 16.5. The molecule has 138 valence electrons. The van der Waals surface area contributed by atoms with Gasteiger partial charge in [0.05, 0.1) is 19.8 Å². The molecule has 1 N–H and O–H groups in total. The quantitative estimate of drug-likeness (QED) is 0.590. The maximum atomic E-state index is 12.5. The molecule has 0 aliphatic heterocycles. The first-order chi connectivity index (χ1) is 12.4. The Morgan fingerprint density at radius 1 is 1.08 bits per heavy atom. The molecule has 0 aliphatic rings. The third-order valence-electron chi connectivity index (χ3n) is 3.56. The van der Waals surface area contributed by atoms with E-state index in [-0.39, 0.29) is 21.3 Å². The number of thioether (sulfide) groups is 1. The second-order valence-corrected chi connectivity index (χ2v) is 7.51. The Balaban J connectivity index is 2.33. The average Bonchev–Trinajstić information content (AvgIpc) is 2.97. The standard InChI is InChI=1S/C18H19NO5S2/c1-5-25-12-8-6-11(7-9-12)15(20)19-16-13(17(21)23-3)10(2)14(26-16)18(22)24-4/h6-9H,5H2,1-4H3,(H,19,20). The molecule has 0 aliphatic carbocycles. The first-order valence-corrected chi connectivity index (χ1v) is 9.57. The summed E-state index contributed by atoms with van der Waals surface area (Å²) in [5.41, 5.74) is 1.02. The van der Waals surface area contributed by atoms with Crippen molar-refractivity contribution in [1.82, 2.24) is 0 Å². The number of hydrogen-bond donors (Lipinski definition) is 1. The minimum absolute atomic E-state index is 0.157. The fourth-order valence-electron chi connectivity index (χ4n) is 2.28. The monoisotopic (exact) mass is 393 g/mol. The average molecular weight is 393 g/mol. The van der Waals surface area contributed by atoms with Gasteiger partial charge in [-0.2, -0.15) is 0 Å². The second-order valence-electron chi connectivity index (χ2n) is 5.15. The smallest absolute Gasteiger partial charge is 0.348 e. The Hall–Kier alpha value is -2.32. The van der Waals surface area contributed by atoms with E-state index < -0.39 is 11.9 Å². The molecule has 0 unspecified atom stereocenters. The van der Waals surface area contributed by atoms with E-state index >= 15 is 0 Å². The number of benzene rings is 1. The maximum absolute atomic E-state index is 12.5. The number of methoxy groups -OCH3 is 2. The molecule has 0 atom stereocenters. The van der Waals surface area contributed by atoms with Gasteiger partial charge in [-0.15, -0.1) is 23.1 Å². The van der Waals surface area contributed by atoms with Gasteiger partial charge in [0.2, 0.25) is 0 Å². The number of carbonyl (C=O) groups excluding carboxylic acids is 3. The highest BCUT2D eigenvalue weighted by molar-refractivity contribution is 7.99. The molecule has 0 spiro atoms. The number of thiophene rings is 1. The predicted octanol–water partition coefficient (Wildman–Crippen LogP) is 3.99. The van der Waals surface area contributed by atoms with Crippen LogP contribution in [-0.4, -0.2) is 37.8 Å². The lowest BCUT2D eigenvalue weighted by Crippen LogP contribution is -2.14. The normalized spacial score (nSPS) is 10.3. The van der Waals surface area contributed by atoms with Crippen molar-refractivity contribution in [2.75, 3.05) is 25.3 Å². The van der Waals surface area contributed by atoms with Crippen LogP contribution in [0.25, 0.3) is 0 Å². The van der Waals surface area contributed by atoms with E-state index in [2.05, 4.69) is 12.2 Å². The zero-order valence-electron chi connectivity index (χ0n) is 14.9. The van der Waals surface area contributed by atoms with Crippen LogP contribution in [0.1, 0.15) is 42.9 Å². The number of esters is 2. The van der Waals surface area contributed by atoms with Crippen molar-refractivity contribution in [2.45, 2.75) is 18.7 Å². The predicted molar refractivity (Wildman–Crippen MR) is 103 cm³/mol. The molecule has 8 heteroatoms. The summed E-state index contributed by atoms with van der Waals surface area (Å²) in [6, 6.07) is 7.16. The van der Waals surface area contributed by atoms with Crippen LogP contribution in [-0.2, 0) is 9.47 Å². The van der Waals surface area contributed by atoms with Crippen molar-refractivity contribution in [3.05, 3.63) is 45.8 Å². The van der Waals surface area contributed by atoms with Gasteiger partial charge in [0.25, 0.3) is 5.91 Å². The van der Waals surface area contributed by atoms with Gasteiger partial charge >= 0.3 is 11.9 Å². The van der Waals surface area contributed by atoms with E-state index in [9.17, 15) is 14.4 Å². The first kappa shape index (κ1) is 20.0.